The van der Waals surface area contributed by atoms with Crippen LogP contribution in [0.3, 0.4) is 0 Å². The Bertz CT molecular complexity index is 835. The van der Waals surface area contributed by atoms with Gasteiger partial charge in [0.05, 0.1) is 19.8 Å². The molecule has 6 heteroatoms. The van der Waals surface area contributed by atoms with Crippen molar-refractivity contribution in [2.45, 2.75) is 32.7 Å². The molecule has 2 aliphatic heterocycles. The number of allylic oxidation sites excluding steroid dienone is 4. The molecule has 2 heterocycles. The number of carbonyl (C=O) groups excluding carboxylic acids is 1. The van der Waals surface area contributed by atoms with Crippen LogP contribution in [0.1, 0.15) is 32.3 Å². The van der Waals surface area contributed by atoms with Crippen molar-refractivity contribution in [2.24, 2.45) is 5.92 Å². The Hall–Kier alpha value is -2.73. The number of hydrogen-bond donors (Lipinski definition) is 3. The second-order valence-electron chi connectivity index (χ2n) is 7.74. The standard InChI is InChI=1S/C24H33N3O3/c1-5-25-24(28)18-9-10-20(27-15-18)19(14-17-11-12-26-16(2)13-17)23-21(29-3)7-6-8-22(23)30-4/h6-10,14,16-17,26-27H,5,11-13,15H2,1-4H3,(H,25,28)/b19-14-. The summed E-state index contributed by atoms with van der Waals surface area (Å²) >= 11 is 0. The van der Waals surface area contributed by atoms with Crippen molar-refractivity contribution >= 4 is 11.5 Å². The van der Waals surface area contributed by atoms with E-state index in [1.807, 2.05) is 37.3 Å². The lowest BCUT2D eigenvalue weighted by atomic mass is 9.87. The van der Waals surface area contributed by atoms with Crippen molar-refractivity contribution in [1.82, 2.24) is 16.0 Å². The SMILES string of the molecule is CCNC(=O)C1=CC=C(/C(=C/C2CCNC(C)C2)c2c(OC)cccc2OC)NC1. The van der Waals surface area contributed by atoms with E-state index in [0.717, 1.165) is 53.3 Å². The number of dihydropyridines is 1. The third-order valence-corrected chi connectivity index (χ3v) is 5.60. The van der Waals surface area contributed by atoms with Crippen LogP contribution in [0.2, 0.25) is 0 Å². The van der Waals surface area contributed by atoms with E-state index in [2.05, 4.69) is 29.0 Å². The van der Waals surface area contributed by atoms with Gasteiger partial charge in [0.1, 0.15) is 11.5 Å². The molecule has 6 nitrogen and oxygen atoms in total. The zero-order valence-corrected chi connectivity index (χ0v) is 18.4. The maximum atomic E-state index is 12.2. The van der Waals surface area contributed by atoms with Gasteiger partial charge in [0.25, 0.3) is 0 Å². The predicted octanol–water partition coefficient (Wildman–Crippen LogP) is 3.02. The van der Waals surface area contributed by atoms with E-state index in [1.165, 1.54) is 0 Å². The Morgan fingerprint density at radius 3 is 2.53 bits per heavy atom. The Kier molecular flexibility index (Phi) is 7.57. The second kappa shape index (κ2) is 10.3. The summed E-state index contributed by atoms with van der Waals surface area (Å²) in [4.78, 5) is 12.2. The average Bonchev–Trinajstić information content (AvgIpc) is 2.77. The Labute approximate surface area is 179 Å². The number of likely N-dealkylation sites (N-methyl/N-ethyl adjacent to an activating group) is 1. The smallest absolute Gasteiger partial charge is 0.248 e. The zero-order valence-electron chi connectivity index (χ0n) is 18.4. The molecule has 1 saturated heterocycles. The van der Waals surface area contributed by atoms with Crippen LogP contribution >= 0.6 is 0 Å². The molecule has 1 amide bonds. The minimum absolute atomic E-state index is 0.0344. The van der Waals surface area contributed by atoms with Gasteiger partial charge in [-0.05, 0) is 63.4 Å². The first-order valence-electron chi connectivity index (χ1n) is 10.7. The van der Waals surface area contributed by atoms with E-state index in [9.17, 15) is 4.79 Å². The fourth-order valence-corrected chi connectivity index (χ4v) is 4.09. The number of nitrogens with one attached hydrogen (secondary N) is 3. The highest BCUT2D eigenvalue weighted by Crippen LogP contribution is 2.39. The monoisotopic (exact) mass is 411 g/mol. The summed E-state index contributed by atoms with van der Waals surface area (Å²) in [7, 11) is 3.36. The van der Waals surface area contributed by atoms with Crippen molar-refractivity contribution in [3.63, 3.8) is 0 Å². The summed E-state index contributed by atoms with van der Waals surface area (Å²) in [6.07, 6.45) is 8.38. The van der Waals surface area contributed by atoms with Gasteiger partial charge in [0.15, 0.2) is 0 Å². The summed E-state index contributed by atoms with van der Waals surface area (Å²) in [5.41, 5.74) is 3.68. The normalized spacial score (nSPS) is 21.8. The Morgan fingerprint density at radius 1 is 1.23 bits per heavy atom. The van der Waals surface area contributed by atoms with Crippen LogP contribution in [0.5, 0.6) is 11.5 Å². The molecule has 1 fully saturated rings. The maximum absolute atomic E-state index is 12.2. The van der Waals surface area contributed by atoms with Crippen LogP contribution in [-0.4, -0.2) is 45.8 Å². The average molecular weight is 412 g/mol. The summed E-state index contributed by atoms with van der Waals surface area (Å²) in [5, 5.41) is 9.82. The van der Waals surface area contributed by atoms with Gasteiger partial charge in [-0.2, -0.15) is 0 Å². The van der Waals surface area contributed by atoms with E-state index in [4.69, 9.17) is 9.47 Å². The molecule has 0 bridgehead atoms. The molecule has 2 unspecified atom stereocenters. The third-order valence-electron chi connectivity index (χ3n) is 5.60. The van der Waals surface area contributed by atoms with Crippen LogP contribution in [-0.2, 0) is 4.79 Å². The topological polar surface area (TPSA) is 71.6 Å². The molecule has 0 spiro atoms. The number of piperidine rings is 1. The number of carbonyl (C=O) groups is 1. The summed E-state index contributed by atoms with van der Waals surface area (Å²) in [6.45, 7) is 6.25. The van der Waals surface area contributed by atoms with Gasteiger partial charge in [-0.15, -0.1) is 0 Å². The lowest BCUT2D eigenvalue weighted by Crippen LogP contribution is -2.35. The lowest BCUT2D eigenvalue weighted by molar-refractivity contribution is -0.117. The molecule has 0 radical (unpaired) electrons. The van der Waals surface area contributed by atoms with Crippen molar-refractivity contribution in [2.75, 3.05) is 33.9 Å². The van der Waals surface area contributed by atoms with Crippen LogP contribution in [0.25, 0.3) is 5.57 Å². The molecular formula is C24H33N3O3. The Morgan fingerprint density at radius 2 is 1.97 bits per heavy atom. The molecule has 30 heavy (non-hydrogen) atoms. The molecular weight excluding hydrogens is 378 g/mol. The molecule has 0 saturated carbocycles. The van der Waals surface area contributed by atoms with E-state index in [1.54, 1.807) is 14.2 Å². The van der Waals surface area contributed by atoms with Crippen LogP contribution < -0.4 is 25.4 Å². The molecule has 1 aromatic rings. The quantitative estimate of drug-likeness (QED) is 0.643. The summed E-state index contributed by atoms with van der Waals surface area (Å²) in [6, 6.07) is 6.33. The fraction of sp³-hybridized carbons (Fsp3) is 0.458. The van der Waals surface area contributed by atoms with Crippen molar-refractivity contribution in [3.05, 3.63) is 53.3 Å². The molecule has 162 valence electrons. The van der Waals surface area contributed by atoms with E-state index < -0.39 is 0 Å². The lowest BCUT2D eigenvalue weighted by Gasteiger charge is -2.28. The third kappa shape index (κ3) is 5.05. The first-order valence-corrected chi connectivity index (χ1v) is 10.7. The van der Waals surface area contributed by atoms with Crippen LogP contribution in [0, 0.1) is 5.92 Å². The van der Waals surface area contributed by atoms with Gasteiger partial charge >= 0.3 is 0 Å². The molecule has 3 rings (SSSR count). The van der Waals surface area contributed by atoms with Gasteiger partial charge in [0.2, 0.25) is 5.91 Å². The van der Waals surface area contributed by atoms with Gasteiger partial charge < -0.3 is 25.4 Å². The molecule has 2 atom stereocenters. The molecule has 0 aliphatic carbocycles. The van der Waals surface area contributed by atoms with E-state index >= 15 is 0 Å². The highest BCUT2D eigenvalue weighted by Gasteiger charge is 2.24. The molecule has 3 N–H and O–H groups in total. The second-order valence-corrected chi connectivity index (χ2v) is 7.74. The van der Waals surface area contributed by atoms with Crippen molar-refractivity contribution in [1.29, 1.82) is 0 Å². The summed E-state index contributed by atoms with van der Waals surface area (Å²) in [5.74, 6) is 1.95. The summed E-state index contributed by atoms with van der Waals surface area (Å²) < 4.78 is 11.4. The van der Waals surface area contributed by atoms with Gasteiger partial charge in [0, 0.05) is 36.0 Å². The van der Waals surface area contributed by atoms with Crippen molar-refractivity contribution < 1.29 is 14.3 Å². The fourth-order valence-electron chi connectivity index (χ4n) is 4.09. The largest absolute Gasteiger partial charge is 0.496 e. The van der Waals surface area contributed by atoms with Crippen molar-refractivity contribution in [3.8, 4) is 11.5 Å². The van der Waals surface area contributed by atoms with Crippen LogP contribution in [0.4, 0.5) is 0 Å². The van der Waals surface area contributed by atoms with Crippen LogP contribution in [0.15, 0.2) is 47.7 Å². The first kappa shape index (κ1) is 22.0. The highest BCUT2D eigenvalue weighted by atomic mass is 16.5. The molecule has 2 aliphatic rings. The van der Waals surface area contributed by atoms with Gasteiger partial charge in [-0.1, -0.05) is 12.1 Å². The van der Waals surface area contributed by atoms with Gasteiger partial charge in [-0.25, -0.2) is 0 Å². The minimum atomic E-state index is -0.0344. The number of hydrogen-bond acceptors (Lipinski definition) is 5. The highest BCUT2D eigenvalue weighted by molar-refractivity contribution is 5.95. The number of rotatable bonds is 7. The van der Waals surface area contributed by atoms with E-state index in [0.29, 0.717) is 25.0 Å². The van der Waals surface area contributed by atoms with Gasteiger partial charge in [-0.3, -0.25) is 4.79 Å². The molecule has 1 aromatic carbocycles. The predicted molar refractivity (Wildman–Crippen MR) is 121 cm³/mol. The van der Waals surface area contributed by atoms with E-state index in [-0.39, 0.29) is 5.91 Å². The Balaban J connectivity index is 2.05. The first-order chi connectivity index (χ1) is 14.6. The number of amides is 1. The number of ether oxygens (including phenoxy) is 2. The number of methoxy groups -OCH3 is 2. The zero-order chi connectivity index (χ0) is 21.5. The maximum Gasteiger partial charge on any atom is 0.248 e. The number of benzene rings is 1. The minimum Gasteiger partial charge on any atom is -0.496 e. The molecule has 0 aromatic heterocycles.